The van der Waals surface area contributed by atoms with E-state index in [0.717, 1.165) is 19.4 Å². The summed E-state index contributed by atoms with van der Waals surface area (Å²) < 4.78 is 23.7. The lowest BCUT2D eigenvalue weighted by molar-refractivity contribution is 0.345. The SMILES string of the molecule is CCCNC1CCC(CCS(=O)(=O)C(C)(C)C)C1C. The lowest BCUT2D eigenvalue weighted by Crippen LogP contribution is -2.34. The molecule has 1 fully saturated rings. The Morgan fingerprint density at radius 3 is 2.37 bits per heavy atom. The summed E-state index contributed by atoms with van der Waals surface area (Å²) in [7, 11) is -2.96. The molecule has 3 nitrogen and oxygen atoms in total. The van der Waals surface area contributed by atoms with Crippen molar-refractivity contribution in [3.8, 4) is 0 Å². The molecule has 3 atom stereocenters. The van der Waals surface area contributed by atoms with Crippen LogP contribution in [0.25, 0.3) is 0 Å². The summed E-state index contributed by atoms with van der Waals surface area (Å²) in [4.78, 5) is 0. The minimum atomic E-state index is -2.96. The summed E-state index contributed by atoms with van der Waals surface area (Å²) in [5.74, 6) is 1.50. The van der Waals surface area contributed by atoms with Gasteiger partial charge in [0.2, 0.25) is 0 Å². The molecule has 0 spiro atoms. The number of hydrogen-bond acceptors (Lipinski definition) is 3. The van der Waals surface area contributed by atoms with E-state index in [1.807, 2.05) is 0 Å². The molecular weight excluding hydrogens is 258 g/mol. The van der Waals surface area contributed by atoms with Gasteiger partial charge in [-0.15, -0.1) is 0 Å². The van der Waals surface area contributed by atoms with Crippen LogP contribution in [0.5, 0.6) is 0 Å². The smallest absolute Gasteiger partial charge is 0.155 e. The Balaban J connectivity index is 2.48. The van der Waals surface area contributed by atoms with Gasteiger partial charge >= 0.3 is 0 Å². The molecule has 19 heavy (non-hydrogen) atoms. The highest BCUT2D eigenvalue weighted by atomic mass is 32.2. The van der Waals surface area contributed by atoms with E-state index in [9.17, 15) is 8.42 Å². The maximum atomic E-state index is 12.2. The van der Waals surface area contributed by atoms with E-state index in [0.29, 0.717) is 23.6 Å². The molecule has 0 bridgehead atoms. The minimum absolute atomic E-state index is 0.339. The van der Waals surface area contributed by atoms with Crippen molar-refractivity contribution < 1.29 is 8.42 Å². The van der Waals surface area contributed by atoms with Crippen molar-refractivity contribution in [2.45, 2.75) is 71.1 Å². The second-order valence-electron chi connectivity index (χ2n) is 6.98. The van der Waals surface area contributed by atoms with E-state index in [-0.39, 0.29) is 0 Å². The summed E-state index contributed by atoms with van der Waals surface area (Å²) in [6, 6.07) is 0.585. The van der Waals surface area contributed by atoms with E-state index in [1.165, 1.54) is 12.8 Å². The Morgan fingerprint density at radius 1 is 1.21 bits per heavy atom. The predicted molar refractivity (Wildman–Crippen MR) is 82.1 cm³/mol. The minimum Gasteiger partial charge on any atom is -0.314 e. The van der Waals surface area contributed by atoms with Crippen LogP contribution < -0.4 is 5.32 Å². The third-order valence-electron chi connectivity index (χ3n) is 4.57. The molecule has 0 radical (unpaired) electrons. The van der Waals surface area contributed by atoms with Crippen LogP contribution >= 0.6 is 0 Å². The first kappa shape index (κ1) is 17.0. The van der Waals surface area contributed by atoms with Gasteiger partial charge in [0, 0.05) is 6.04 Å². The molecule has 1 rings (SSSR count). The maximum absolute atomic E-state index is 12.2. The average Bonchev–Trinajstić information content (AvgIpc) is 2.64. The molecule has 0 saturated heterocycles. The van der Waals surface area contributed by atoms with Gasteiger partial charge in [0.15, 0.2) is 9.84 Å². The molecule has 0 aromatic heterocycles. The molecule has 0 aromatic carbocycles. The number of sulfone groups is 1. The molecule has 4 heteroatoms. The second kappa shape index (κ2) is 6.57. The van der Waals surface area contributed by atoms with Gasteiger partial charge in [-0.05, 0) is 64.8 Å². The molecule has 1 aliphatic carbocycles. The molecule has 3 unspecified atom stereocenters. The van der Waals surface area contributed by atoms with Crippen LogP contribution in [-0.4, -0.2) is 31.5 Å². The van der Waals surface area contributed by atoms with Crippen LogP contribution in [0.1, 0.15) is 60.3 Å². The highest BCUT2D eigenvalue weighted by molar-refractivity contribution is 7.92. The summed E-state index contributed by atoms with van der Waals surface area (Å²) >= 11 is 0. The number of nitrogens with one attached hydrogen (secondary N) is 1. The van der Waals surface area contributed by atoms with Crippen molar-refractivity contribution in [1.29, 1.82) is 0 Å². The Kier molecular flexibility index (Phi) is 5.87. The first-order chi connectivity index (χ1) is 8.69. The maximum Gasteiger partial charge on any atom is 0.155 e. The van der Waals surface area contributed by atoms with Crippen molar-refractivity contribution in [1.82, 2.24) is 5.32 Å². The zero-order chi connectivity index (χ0) is 14.7. The van der Waals surface area contributed by atoms with Gasteiger partial charge in [-0.25, -0.2) is 8.42 Å². The van der Waals surface area contributed by atoms with E-state index in [4.69, 9.17) is 0 Å². The van der Waals surface area contributed by atoms with Crippen molar-refractivity contribution in [2.75, 3.05) is 12.3 Å². The molecule has 1 aliphatic rings. The lowest BCUT2D eigenvalue weighted by atomic mass is 9.93. The van der Waals surface area contributed by atoms with Gasteiger partial charge in [0.1, 0.15) is 0 Å². The van der Waals surface area contributed by atoms with Gasteiger partial charge in [-0.3, -0.25) is 0 Å². The Morgan fingerprint density at radius 2 is 1.84 bits per heavy atom. The van der Waals surface area contributed by atoms with Crippen LogP contribution in [0.15, 0.2) is 0 Å². The molecule has 114 valence electrons. The monoisotopic (exact) mass is 289 g/mol. The molecule has 0 heterocycles. The molecule has 1 saturated carbocycles. The molecular formula is C15H31NO2S. The Bertz CT molecular complexity index is 370. The van der Waals surface area contributed by atoms with Crippen LogP contribution in [0.2, 0.25) is 0 Å². The van der Waals surface area contributed by atoms with Gasteiger partial charge in [0.05, 0.1) is 10.5 Å². The molecule has 0 amide bonds. The topological polar surface area (TPSA) is 46.2 Å². The van der Waals surface area contributed by atoms with Gasteiger partial charge in [-0.2, -0.15) is 0 Å². The fourth-order valence-corrected chi connectivity index (χ4v) is 4.11. The van der Waals surface area contributed by atoms with E-state index >= 15 is 0 Å². The second-order valence-corrected chi connectivity index (χ2v) is 9.84. The van der Waals surface area contributed by atoms with Gasteiger partial charge in [0.25, 0.3) is 0 Å². The average molecular weight is 289 g/mol. The number of hydrogen-bond donors (Lipinski definition) is 1. The van der Waals surface area contributed by atoms with Crippen LogP contribution in [0, 0.1) is 11.8 Å². The van der Waals surface area contributed by atoms with Gasteiger partial charge in [-0.1, -0.05) is 13.8 Å². The molecule has 0 aromatic rings. The van der Waals surface area contributed by atoms with Gasteiger partial charge < -0.3 is 5.32 Å². The fourth-order valence-electron chi connectivity index (χ4n) is 2.89. The van der Waals surface area contributed by atoms with Crippen molar-refractivity contribution in [3.63, 3.8) is 0 Å². The summed E-state index contributed by atoms with van der Waals surface area (Å²) in [5, 5.41) is 3.59. The summed E-state index contributed by atoms with van der Waals surface area (Å²) in [6.45, 7) is 10.9. The first-order valence-electron chi connectivity index (χ1n) is 7.64. The summed E-state index contributed by atoms with van der Waals surface area (Å²) in [5.41, 5.74) is 0. The third kappa shape index (κ3) is 4.45. The molecule has 0 aliphatic heterocycles. The van der Waals surface area contributed by atoms with Crippen LogP contribution in [0.3, 0.4) is 0 Å². The van der Waals surface area contributed by atoms with E-state index < -0.39 is 14.6 Å². The van der Waals surface area contributed by atoms with E-state index in [1.54, 1.807) is 20.8 Å². The standard InChI is InChI=1S/C15H31NO2S/c1-6-10-16-14-8-7-13(12(14)2)9-11-19(17,18)15(3,4)5/h12-14,16H,6-11H2,1-5H3. The van der Waals surface area contributed by atoms with Crippen LogP contribution in [0.4, 0.5) is 0 Å². The highest BCUT2D eigenvalue weighted by Gasteiger charge is 2.35. The lowest BCUT2D eigenvalue weighted by Gasteiger charge is -2.24. The number of rotatable bonds is 6. The van der Waals surface area contributed by atoms with Crippen molar-refractivity contribution >= 4 is 9.84 Å². The zero-order valence-electron chi connectivity index (χ0n) is 13.2. The molecule has 1 N–H and O–H groups in total. The normalized spacial score (nSPS) is 28.8. The first-order valence-corrected chi connectivity index (χ1v) is 9.30. The largest absolute Gasteiger partial charge is 0.314 e. The summed E-state index contributed by atoms with van der Waals surface area (Å²) in [6.07, 6.45) is 4.35. The highest BCUT2D eigenvalue weighted by Crippen LogP contribution is 2.35. The van der Waals surface area contributed by atoms with Crippen molar-refractivity contribution in [2.24, 2.45) is 11.8 Å². The van der Waals surface area contributed by atoms with Crippen LogP contribution in [-0.2, 0) is 9.84 Å². The quantitative estimate of drug-likeness (QED) is 0.817. The Labute approximate surface area is 119 Å². The van der Waals surface area contributed by atoms with Crippen molar-refractivity contribution in [3.05, 3.63) is 0 Å². The fraction of sp³-hybridized carbons (Fsp3) is 1.00. The third-order valence-corrected chi connectivity index (χ3v) is 7.21. The Hall–Kier alpha value is -0.0900. The van der Waals surface area contributed by atoms with E-state index in [2.05, 4.69) is 19.2 Å². The predicted octanol–water partition coefficient (Wildman–Crippen LogP) is 3.00. The zero-order valence-corrected chi connectivity index (χ0v) is 14.0.